The van der Waals surface area contributed by atoms with Gasteiger partial charge in [0, 0.05) is 0 Å². The molecule has 0 saturated carbocycles. The summed E-state index contributed by atoms with van der Waals surface area (Å²) in [6.45, 7) is 6.27. The average molecular weight is 201 g/mol. The fourth-order valence-electron chi connectivity index (χ4n) is 1.09. The van der Waals surface area contributed by atoms with Crippen molar-refractivity contribution in [2.75, 3.05) is 20.1 Å². The van der Waals surface area contributed by atoms with Gasteiger partial charge in [-0.2, -0.15) is 0 Å². The molecule has 0 fully saturated rings. The van der Waals surface area contributed by atoms with Crippen molar-refractivity contribution in [1.82, 2.24) is 4.90 Å². The van der Waals surface area contributed by atoms with E-state index in [2.05, 4.69) is 18.7 Å². The van der Waals surface area contributed by atoms with E-state index >= 15 is 0 Å². The zero-order valence-electron chi connectivity index (χ0n) is 9.49. The molecule has 1 amide bonds. The Balaban J connectivity index is 3.53. The van der Waals surface area contributed by atoms with Gasteiger partial charge in [0.2, 0.25) is 5.91 Å². The number of hydrogen-bond acceptors (Lipinski definition) is 3. The van der Waals surface area contributed by atoms with E-state index in [1.807, 2.05) is 7.05 Å². The van der Waals surface area contributed by atoms with Crippen LogP contribution in [-0.2, 0) is 4.79 Å². The fourth-order valence-corrected chi connectivity index (χ4v) is 1.09. The van der Waals surface area contributed by atoms with Crippen molar-refractivity contribution in [2.45, 2.75) is 32.7 Å². The first kappa shape index (κ1) is 13.4. The van der Waals surface area contributed by atoms with E-state index < -0.39 is 11.9 Å². The lowest BCUT2D eigenvalue weighted by Crippen LogP contribution is -2.39. The van der Waals surface area contributed by atoms with Crippen molar-refractivity contribution in [3.8, 4) is 0 Å². The smallest absolute Gasteiger partial charge is 0.234 e. The summed E-state index contributed by atoms with van der Waals surface area (Å²) in [7, 11) is 2.04. The Morgan fingerprint density at radius 2 is 1.79 bits per heavy atom. The molecule has 0 spiro atoms. The van der Waals surface area contributed by atoms with Gasteiger partial charge in [0.05, 0.1) is 6.04 Å². The molecule has 0 aliphatic carbocycles. The monoisotopic (exact) mass is 201 g/mol. The predicted molar refractivity (Wildman–Crippen MR) is 58.7 cm³/mol. The van der Waals surface area contributed by atoms with Crippen molar-refractivity contribution in [3.05, 3.63) is 0 Å². The van der Waals surface area contributed by atoms with Crippen molar-refractivity contribution in [1.29, 1.82) is 0 Å². The largest absolute Gasteiger partial charge is 0.368 e. The molecule has 0 aliphatic heterocycles. The highest BCUT2D eigenvalue weighted by molar-refractivity contribution is 5.79. The van der Waals surface area contributed by atoms with Gasteiger partial charge in [0.15, 0.2) is 0 Å². The van der Waals surface area contributed by atoms with Gasteiger partial charge in [0.1, 0.15) is 0 Å². The summed E-state index contributed by atoms with van der Waals surface area (Å²) in [6, 6.07) is -0.503. The normalized spacial score (nSPS) is 13.6. The van der Waals surface area contributed by atoms with Crippen LogP contribution in [0.15, 0.2) is 0 Å². The molecule has 0 rings (SSSR count). The SMILES string of the molecule is CC(C)CCN(C)CCC(N)C(N)=O. The highest BCUT2D eigenvalue weighted by atomic mass is 16.1. The molecule has 14 heavy (non-hydrogen) atoms. The van der Waals surface area contributed by atoms with Crippen LogP contribution in [0.5, 0.6) is 0 Å². The second-order valence-corrected chi connectivity index (χ2v) is 4.28. The number of nitrogens with zero attached hydrogens (tertiary/aromatic N) is 1. The molecule has 84 valence electrons. The standard InChI is InChI=1S/C10H23N3O/c1-8(2)4-6-13(3)7-5-9(11)10(12)14/h8-9H,4-7,11H2,1-3H3,(H2,12,14). The van der Waals surface area contributed by atoms with Crippen LogP contribution in [0.25, 0.3) is 0 Å². The quantitative estimate of drug-likeness (QED) is 0.616. The summed E-state index contributed by atoms with van der Waals surface area (Å²) >= 11 is 0. The van der Waals surface area contributed by atoms with E-state index in [4.69, 9.17) is 11.5 Å². The molecule has 4 nitrogen and oxygen atoms in total. The zero-order valence-corrected chi connectivity index (χ0v) is 9.49. The Morgan fingerprint density at radius 1 is 1.29 bits per heavy atom. The van der Waals surface area contributed by atoms with Crippen LogP contribution in [0.4, 0.5) is 0 Å². The van der Waals surface area contributed by atoms with E-state index in [0.717, 1.165) is 13.1 Å². The third-order valence-corrected chi connectivity index (χ3v) is 2.28. The van der Waals surface area contributed by atoms with Gasteiger partial charge >= 0.3 is 0 Å². The van der Waals surface area contributed by atoms with E-state index in [0.29, 0.717) is 12.3 Å². The average Bonchev–Trinajstić information content (AvgIpc) is 2.10. The molecule has 4 heteroatoms. The van der Waals surface area contributed by atoms with Crippen LogP contribution < -0.4 is 11.5 Å². The third-order valence-electron chi connectivity index (χ3n) is 2.28. The molecule has 0 radical (unpaired) electrons. The van der Waals surface area contributed by atoms with Crippen molar-refractivity contribution in [2.24, 2.45) is 17.4 Å². The molecule has 1 unspecified atom stereocenters. The van der Waals surface area contributed by atoms with Crippen LogP contribution in [-0.4, -0.2) is 37.0 Å². The zero-order chi connectivity index (χ0) is 11.1. The van der Waals surface area contributed by atoms with Crippen LogP contribution in [0.2, 0.25) is 0 Å². The molecule has 0 aromatic heterocycles. The van der Waals surface area contributed by atoms with Gasteiger partial charge in [-0.15, -0.1) is 0 Å². The van der Waals surface area contributed by atoms with Gasteiger partial charge in [-0.25, -0.2) is 0 Å². The Kier molecular flexibility index (Phi) is 6.49. The van der Waals surface area contributed by atoms with Gasteiger partial charge in [-0.3, -0.25) is 4.79 Å². The number of primary amides is 1. The van der Waals surface area contributed by atoms with Crippen LogP contribution in [0.1, 0.15) is 26.7 Å². The van der Waals surface area contributed by atoms with Crippen LogP contribution in [0.3, 0.4) is 0 Å². The van der Waals surface area contributed by atoms with Gasteiger partial charge in [-0.1, -0.05) is 13.8 Å². The van der Waals surface area contributed by atoms with Crippen LogP contribution >= 0.6 is 0 Å². The van der Waals surface area contributed by atoms with Crippen LogP contribution in [0, 0.1) is 5.92 Å². The second-order valence-electron chi connectivity index (χ2n) is 4.28. The summed E-state index contributed by atoms with van der Waals surface area (Å²) in [5.41, 5.74) is 10.6. The molecule has 1 atom stereocenters. The molecule has 0 saturated heterocycles. The fraction of sp³-hybridized carbons (Fsp3) is 0.900. The number of amides is 1. The first-order valence-electron chi connectivity index (χ1n) is 5.17. The van der Waals surface area contributed by atoms with E-state index in [1.54, 1.807) is 0 Å². The van der Waals surface area contributed by atoms with Crippen molar-refractivity contribution >= 4 is 5.91 Å². The number of carbonyl (C=O) groups is 1. The third kappa shape index (κ3) is 6.86. The summed E-state index contributed by atoms with van der Waals surface area (Å²) in [4.78, 5) is 12.8. The number of nitrogens with two attached hydrogens (primary N) is 2. The number of hydrogen-bond donors (Lipinski definition) is 2. The lowest BCUT2D eigenvalue weighted by Gasteiger charge is -2.18. The molecule has 0 bridgehead atoms. The second kappa shape index (κ2) is 6.79. The number of rotatable bonds is 7. The van der Waals surface area contributed by atoms with Crippen molar-refractivity contribution in [3.63, 3.8) is 0 Å². The predicted octanol–water partition coefficient (Wildman–Crippen LogP) is 0.167. The van der Waals surface area contributed by atoms with Gasteiger partial charge in [0.25, 0.3) is 0 Å². The van der Waals surface area contributed by atoms with Crippen molar-refractivity contribution < 1.29 is 4.79 Å². The maximum Gasteiger partial charge on any atom is 0.234 e. The minimum atomic E-state index is -0.503. The summed E-state index contributed by atoms with van der Waals surface area (Å²) < 4.78 is 0. The number of carbonyl (C=O) groups excluding carboxylic acids is 1. The highest BCUT2D eigenvalue weighted by Gasteiger charge is 2.09. The highest BCUT2D eigenvalue weighted by Crippen LogP contribution is 2.01. The van der Waals surface area contributed by atoms with E-state index in [-0.39, 0.29) is 0 Å². The molecule has 0 heterocycles. The first-order chi connectivity index (χ1) is 6.43. The molecule has 0 aromatic carbocycles. The maximum absolute atomic E-state index is 10.7. The topological polar surface area (TPSA) is 72.3 Å². The van der Waals surface area contributed by atoms with Gasteiger partial charge in [-0.05, 0) is 38.9 Å². The minimum Gasteiger partial charge on any atom is -0.368 e. The maximum atomic E-state index is 10.7. The lowest BCUT2D eigenvalue weighted by atomic mass is 10.1. The first-order valence-corrected chi connectivity index (χ1v) is 5.17. The van der Waals surface area contributed by atoms with E-state index in [9.17, 15) is 4.79 Å². The molecular weight excluding hydrogens is 178 g/mol. The molecule has 4 N–H and O–H groups in total. The Labute approximate surface area is 86.6 Å². The Morgan fingerprint density at radius 3 is 2.21 bits per heavy atom. The minimum absolute atomic E-state index is 0.415. The Hall–Kier alpha value is -0.610. The summed E-state index contributed by atoms with van der Waals surface area (Å²) in [5.74, 6) is 0.296. The summed E-state index contributed by atoms with van der Waals surface area (Å²) in [5, 5.41) is 0. The lowest BCUT2D eigenvalue weighted by molar-refractivity contribution is -0.119. The molecule has 0 aromatic rings. The summed E-state index contributed by atoms with van der Waals surface area (Å²) in [6.07, 6.45) is 1.81. The van der Waals surface area contributed by atoms with E-state index in [1.165, 1.54) is 6.42 Å². The Bertz CT molecular complexity index is 171. The molecular formula is C10H23N3O. The molecule has 0 aliphatic rings. The van der Waals surface area contributed by atoms with Gasteiger partial charge < -0.3 is 16.4 Å².